The Morgan fingerprint density at radius 2 is 1.95 bits per heavy atom. The van der Waals surface area contributed by atoms with Crippen LogP contribution in [0.2, 0.25) is 0 Å². The fourth-order valence-electron chi connectivity index (χ4n) is 1.83. The molecule has 6 heteroatoms. The number of nitrogens with two attached hydrogens (primary N) is 1. The number of anilines is 2. The molecule has 0 unspecified atom stereocenters. The number of rotatable bonds is 4. The van der Waals surface area contributed by atoms with Crippen molar-refractivity contribution in [3.63, 3.8) is 0 Å². The first-order chi connectivity index (χ1) is 9.38. The molecule has 0 saturated carbocycles. The maximum Gasteiger partial charge on any atom is 0.241 e. The average molecular weight is 291 g/mol. The molecule has 5 nitrogen and oxygen atoms in total. The Balaban J connectivity index is 2.38. The van der Waals surface area contributed by atoms with Crippen LogP contribution >= 0.6 is 0 Å². The number of sulfonamides is 1. The van der Waals surface area contributed by atoms with Gasteiger partial charge in [0.1, 0.15) is 4.90 Å². The molecule has 1 aromatic heterocycles. The fraction of sp³-hybridized carbons (Fsp3) is 0.214. The zero-order valence-corrected chi connectivity index (χ0v) is 12.2. The van der Waals surface area contributed by atoms with Crippen LogP contribution in [-0.4, -0.2) is 13.4 Å². The molecular weight excluding hydrogens is 274 g/mol. The summed E-state index contributed by atoms with van der Waals surface area (Å²) in [5, 5.41) is 8.19. The van der Waals surface area contributed by atoms with Crippen LogP contribution in [-0.2, 0) is 10.0 Å². The molecule has 0 aliphatic rings. The van der Waals surface area contributed by atoms with Gasteiger partial charge in [0.2, 0.25) is 10.0 Å². The average Bonchev–Trinajstić information content (AvgIpc) is 2.38. The number of benzene rings is 1. The van der Waals surface area contributed by atoms with Crippen LogP contribution in [0.15, 0.2) is 47.5 Å². The van der Waals surface area contributed by atoms with Crippen molar-refractivity contribution in [1.29, 1.82) is 0 Å². The van der Waals surface area contributed by atoms with Crippen LogP contribution in [0.4, 0.5) is 11.5 Å². The molecule has 0 amide bonds. The monoisotopic (exact) mass is 291 g/mol. The molecule has 0 fully saturated rings. The number of hydrogen-bond acceptors (Lipinski definition) is 4. The molecule has 106 valence electrons. The van der Waals surface area contributed by atoms with Crippen molar-refractivity contribution < 1.29 is 8.42 Å². The molecule has 0 spiro atoms. The highest BCUT2D eigenvalue weighted by atomic mass is 32.2. The standard InChI is InChI=1S/C14H17N3O2S/c1-10(2)11-5-3-6-12(9-11)17-14-13(20(15,18)19)7-4-8-16-14/h3-10H,1-2H3,(H,16,17)(H2,15,18,19). The van der Waals surface area contributed by atoms with Crippen LogP contribution < -0.4 is 10.5 Å². The van der Waals surface area contributed by atoms with E-state index in [0.717, 1.165) is 11.3 Å². The third kappa shape index (κ3) is 3.34. The number of nitrogens with zero attached hydrogens (tertiary/aromatic N) is 1. The van der Waals surface area contributed by atoms with Gasteiger partial charge >= 0.3 is 0 Å². The van der Waals surface area contributed by atoms with E-state index in [2.05, 4.69) is 24.1 Å². The quantitative estimate of drug-likeness (QED) is 0.906. The van der Waals surface area contributed by atoms with Crippen molar-refractivity contribution in [3.8, 4) is 0 Å². The summed E-state index contributed by atoms with van der Waals surface area (Å²) >= 11 is 0. The molecule has 0 bridgehead atoms. The predicted molar refractivity (Wildman–Crippen MR) is 79.4 cm³/mol. The second kappa shape index (κ2) is 5.60. The minimum Gasteiger partial charge on any atom is -0.339 e. The first-order valence-corrected chi connectivity index (χ1v) is 7.77. The lowest BCUT2D eigenvalue weighted by Gasteiger charge is -2.11. The van der Waals surface area contributed by atoms with Gasteiger partial charge in [-0.2, -0.15) is 0 Å². The molecule has 0 atom stereocenters. The lowest BCUT2D eigenvalue weighted by Crippen LogP contribution is -2.14. The molecule has 2 rings (SSSR count). The minimum absolute atomic E-state index is 0.0186. The molecule has 0 saturated heterocycles. The Morgan fingerprint density at radius 3 is 2.60 bits per heavy atom. The van der Waals surface area contributed by atoms with Crippen molar-refractivity contribution in [2.75, 3.05) is 5.32 Å². The predicted octanol–water partition coefficient (Wildman–Crippen LogP) is 2.60. The summed E-state index contributed by atoms with van der Waals surface area (Å²) in [6, 6.07) is 10.7. The van der Waals surface area contributed by atoms with Gasteiger partial charge in [-0.25, -0.2) is 18.5 Å². The third-order valence-corrected chi connectivity index (χ3v) is 3.84. The van der Waals surface area contributed by atoms with E-state index in [0.29, 0.717) is 5.92 Å². The second-order valence-corrected chi connectivity index (χ2v) is 6.33. The number of aromatic nitrogens is 1. The number of primary sulfonamides is 1. The van der Waals surface area contributed by atoms with Gasteiger partial charge in [-0.1, -0.05) is 26.0 Å². The maximum atomic E-state index is 11.5. The molecule has 0 radical (unpaired) electrons. The highest BCUT2D eigenvalue weighted by molar-refractivity contribution is 7.89. The van der Waals surface area contributed by atoms with Crippen LogP contribution in [0, 0.1) is 0 Å². The Bertz CT molecular complexity index is 712. The first kappa shape index (κ1) is 14.5. The lowest BCUT2D eigenvalue weighted by molar-refractivity contribution is 0.598. The van der Waals surface area contributed by atoms with E-state index in [-0.39, 0.29) is 10.7 Å². The third-order valence-electron chi connectivity index (χ3n) is 2.89. The summed E-state index contributed by atoms with van der Waals surface area (Å²) in [6.45, 7) is 4.19. The zero-order valence-electron chi connectivity index (χ0n) is 11.4. The van der Waals surface area contributed by atoms with Gasteiger partial charge in [-0.15, -0.1) is 0 Å². The van der Waals surface area contributed by atoms with Crippen LogP contribution in [0.3, 0.4) is 0 Å². The van der Waals surface area contributed by atoms with Crippen molar-refractivity contribution in [1.82, 2.24) is 4.98 Å². The minimum atomic E-state index is -3.81. The number of pyridine rings is 1. The van der Waals surface area contributed by atoms with Gasteiger partial charge in [0.15, 0.2) is 5.82 Å². The maximum absolute atomic E-state index is 11.5. The SMILES string of the molecule is CC(C)c1cccc(Nc2ncccc2S(N)(=O)=O)c1. The highest BCUT2D eigenvalue weighted by Gasteiger charge is 2.14. The molecule has 1 heterocycles. The van der Waals surface area contributed by atoms with E-state index >= 15 is 0 Å². The van der Waals surface area contributed by atoms with Crippen LogP contribution in [0.1, 0.15) is 25.3 Å². The van der Waals surface area contributed by atoms with E-state index in [1.807, 2.05) is 24.3 Å². The van der Waals surface area contributed by atoms with Crippen molar-refractivity contribution in [3.05, 3.63) is 48.2 Å². The Kier molecular flexibility index (Phi) is 4.06. The second-order valence-electron chi connectivity index (χ2n) is 4.80. The molecule has 0 aliphatic carbocycles. The van der Waals surface area contributed by atoms with Gasteiger partial charge in [-0.05, 0) is 35.7 Å². The van der Waals surface area contributed by atoms with E-state index in [1.165, 1.54) is 18.3 Å². The summed E-state index contributed by atoms with van der Waals surface area (Å²) in [4.78, 5) is 4.03. The molecule has 3 N–H and O–H groups in total. The Morgan fingerprint density at radius 1 is 1.20 bits per heavy atom. The Labute approximate surface area is 118 Å². The van der Waals surface area contributed by atoms with Gasteiger partial charge in [0.25, 0.3) is 0 Å². The van der Waals surface area contributed by atoms with Gasteiger partial charge in [-0.3, -0.25) is 0 Å². The summed E-state index contributed by atoms with van der Waals surface area (Å²) in [5.74, 6) is 0.620. The van der Waals surface area contributed by atoms with Crippen molar-refractivity contribution >= 4 is 21.5 Å². The Hall–Kier alpha value is -1.92. The number of hydrogen-bond donors (Lipinski definition) is 2. The van der Waals surface area contributed by atoms with Gasteiger partial charge in [0.05, 0.1) is 0 Å². The van der Waals surface area contributed by atoms with E-state index in [1.54, 1.807) is 0 Å². The summed E-state index contributed by atoms with van der Waals surface area (Å²) in [5.41, 5.74) is 1.93. The van der Waals surface area contributed by atoms with E-state index in [4.69, 9.17) is 5.14 Å². The normalized spacial score (nSPS) is 11.6. The molecule has 0 aliphatic heterocycles. The zero-order chi connectivity index (χ0) is 14.8. The van der Waals surface area contributed by atoms with Gasteiger partial charge < -0.3 is 5.32 Å². The first-order valence-electron chi connectivity index (χ1n) is 6.23. The topological polar surface area (TPSA) is 85.1 Å². The van der Waals surface area contributed by atoms with E-state index in [9.17, 15) is 8.42 Å². The number of nitrogens with one attached hydrogen (secondary N) is 1. The summed E-state index contributed by atoms with van der Waals surface area (Å²) in [6.07, 6.45) is 1.52. The lowest BCUT2D eigenvalue weighted by atomic mass is 10.0. The molecule has 20 heavy (non-hydrogen) atoms. The van der Waals surface area contributed by atoms with Crippen molar-refractivity contribution in [2.45, 2.75) is 24.7 Å². The largest absolute Gasteiger partial charge is 0.339 e. The van der Waals surface area contributed by atoms with Gasteiger partial charge in [0, 0.05) is 11.9 Å². The van der Waals surface area contributed by atoms with E-state index < -0.39 is 10.0 Å². The summed E-state index contributed by atoms with van der Waals surface area (Å²) < 4.78 is 23.0. The highest BCUT2D eigenvalue weighted by Crippen LogP contribution is 2.24. The molecular formula is C14H17N3O2S. The van der Waals surface area contributed by atoms with Crippen molar-refractivity contribution in [2.24, 2.45) is 5.14 Å². The molecule has 2 aromatic rings. The smallest absolute Gasteiger partial charge is 0.241 e. The van der Waals surface area contributed by atoms with Crippen LogP contribution in [0.5, 0.6) is 0 Å². The van der Waals surface area contributed by atoms with Crippen LogP contribution in [0.25, 0.3) is 0 Å². The fourth-order valence-corrected chi connectivity index (χ4v) is 2.47. The molecule has 1 aromatic carbocycles. The summed E-state index contributed by atoms with van der Waals surface area (Å²) in [7, 11) is -3.81.